The summed E-state index contributed by atoms with van der Waals surface area (Å²) in [6.45, 7) is 0.860. The molecule has 0 spiro atoms. The maximum Gasteiger partial charge on any atom is 0.0702 e. The average Bonchev–Trinajstić information content (AvgIpc) is 2.63. The monoisotopic (exact) mass is 345 g/mol. The zero-order chi connectivity index (χ0) is 10.7. The number of halogens is 2. The maximum atomic E-state index is 3.51. The van der Waals surface area contributed by atoms with Crippen molar-refractivity contribution in [2.24, 2.45) is 0 Å². The molecule has 0 saturated carbocycles. The third-order valence-electron chi connectivity index (χ3n) is 1.96. The van der Waals surface area contributed by atoms with Gasteiger partial charge in [-0.1, -0.05) is 12.1 Å². The summed E-state index contributed by atoms with van der Waals surface area (Å²) in [5, 5.41) is 3.39. The van der Waals surface area contributed by atoms with Gasteiger partial charge in [-0.2, -0.15) is 0 Å². The van der Waals surface area contributed by atoms with Crippen molar-refractivity contribution in [2.45, 2.75) is 6.54 Å². The highest BCUT2D eigenvalue weighted by molar-refractivity contribution is 9.11. The van der Waals surface area contributed by atoms with Crippen LogP contribution in [0.5, 0.6) is 0 Å². The van der Waals surface area contributed by atoms with E-state index in [4.69, 9.17) is 0 Å². The van der Waals surface area contributed by atoms with E-state index >= 15 is 0 Å². The molecule has 0 aliphatic heterocycles. The Morgan fingerprint density at radius 2 is 1.87 bits per heavy atom. The number of benzene rings is 1. The van der Waals surface area contributed by atoms with E-state index < -0.39 is 0 Å². The van der Waals surface area contributed by atoms with E-state index in [1.807, 2.05) is 18.2 Å². The van der Waals surface area contributed by atoms with E-state index in [-0.39, 0.29) is 0 Å². The standard InChI is InChI=1S/C11H9Br2NS/c12-9-3-1-2-4-10(9)14-7-8-5-6-11(13)15-8/h1-6,14H,7H2. The van der Waals surface area contributed by atoms with Crippen molar-refractivity contribution in [1.29, 1.82) is 0 Å². The lowest BCUT2D eigenvalue weighted by atomic mass is 10.3. The summed E-state index contributed by atoms with van der Waals surface area (Å²) in [6.07, 6.45) is 0. The number of thiophene rings is 1. The number of nitrogens with one attached hydrogen (secondary N) is 1. The van der Waals surface area contributed by atoms with Crippen LogP contribution >= 0.6 is 43.2 Å². The molecule has 2 rings (SSSR count). The molecule has 0 radical (unpaired) electrons. The molecule has 0 amide bonds. The Hall–Kier alpha value is -0.320. The number of hydrogen-bond donors (Lipinski definition) is 1. The van der Waals surface area contributed by atoms with E-state index in [0.717, 1.165) is 16.7 Å². The normalized spacial score (nSPS) is 10.3. The van der Waals surface area contributed by atoms with E-state index in [2.05, 4.69) is 55.4 Å². The Bertz CT molecular complexity index is 453. The van der Waals surface area contributed by atoms with Gasteiger partial charge in [-0.05, 0) is 56.1 Å². The SMILES string of the molecule is Brc1ccc(CNc2ccccc2Br)s1. The van der Waals surface area contributed by atoms with Crippen molar-refractivity contribution < 1.29 is 0 Å². The molecule has 1 aromatic carbocycles. The van der Waals surface area contributed by atoms with E-state index in [1.165, 1.54) is 8.66 Å². The van der Waals surface area contributed by atoms with Crippen molar-refractivity contribution in [3.63, 3.8) is 0 Å². The fraction of sp³-hybridized carbons (Fsp3) is 0.0909. The van der Waals surface area contributed by atoms with Crippen molar-refractivity contribution >= 4 is 48.9 Å². The number of hydrogen-bond acceptors (Lipinski definition) is 2. The predicted octanol–water partition coefficient (Wildman–Crippen LogP) is 4.89. The minimum Gasteiger partial charge on any atom is -0.379 e. The molecule has 0 bridgehead atoms. The smallest absolute Gasteiger partial charge is 0.0702 e. The first-order valence-electron chi connectivity index (χ1n) is 4.48. The minimum atomic E-state index is 0.860. The van der Waals surface area contributed by atoms with Gasteiger partial charge in [0.15, 0.2) is 0 Å². The fourth-order valence-corrected chi connectivity index (χ4v) is 3.08. The number of rotatable bonds is 3. The Labute approximate surface area is 110 Å². The molecule has 0 aliphatic rings. The highest BCUT2D eigenvalue weighted by atomic mass is 79.9. The number of para-hydroxylation sites is 1. The van der Waals surface area contributed by atoms with Crippen LogP contribution in [0.4, 0.5) is 5.69 Å². The van der Waals surface area contributed by atoms with E-state index in [1.54, 1.807) is 11.3 Å². The second kappa shape index (κ2) is 5.14. The molecule has 1 heterocycles. The van der Waals surface area contributed by atoms with Crippen LogP contribution in [0.25, 0.3) is 0 Å². The van der Waals surface area contributed by atoms with Gasteiger partial charge in [-0.3, -0.25) is 0 Å². The zero-order valence-electron chi connectivity index (χ0n) is 7.84. The average molecular weight is 347 g/mol. The van der Waals surface area contributed by atoms with Gasteiger partial charge in [-0.25, -0.2) is 0 Å². The third kappa shape index (κ3) is 3.06. The molecule has 0 fully saturated rings. The van der Waals surface area contributed by atoms with E-state index in [9.17, 15) is 0 Å². The molecule has 0 saturated heterocycles. The maximum absolute atomic E-state index is 3.51. The molecule has 4 heteroatoms. The van der Waals surface area contributed by atoms with Crippen molar-refractivity contribution in [1.82, 2.24) is 0 Å². The molecule has 1 N–H and O–H groups in total. The van der Waals surface area contributed by atoms with Crippen LogP contribution in [0.1, 0.15) is 4.88 Å². The molecule has 2 aromatic rings. The van der Waals surface area contributed by atoms with Crippen LogP contribution in [-0.4, -0.2) is 0 Å². The summed E-state index contributed by atoms with van der Waals surface area (Å²) in [7, 11) is 0. The molecule has 0 atom stereocenters. The van der Waals surface area contributed by atoms with Gasteiger partial charge in [0.1, 0.15) is 0 Å². The molecule has 78 valence electrons. The lowest BCUT2D eigenvalue weighted by Crippen LogP contribution is -1.97. The van der Waals surface area contributed by atoms with Gasteiger partial charge in [-0.15, -0.1) is 11.3 Å². The van der Waals surface area contributed by atoms with Crippen LogP contribution in [0, 0.1) is 0 Å². The van der Waals surface area contributed by atoms with Crippen molar-refractivity contribution in [3.8, 4) is 0 Å². The summed E-state index contributed by atoms with van der Waals surface area (Å²) in [5.41, 5.74) is 1.13. The van der Waals surface area contributed by atoms with Gasteiger partial charge < -0.3 is 5.32 Å². The topological polar surface area (TPSA) is 12.0 Å². The van der Waals surface area contributed by atoms with Crippen LogP contribution in [-0.2, 0) is 6.54 Å². The highest BCUT2D eigenvalue weighted by Gasteiger charge is 1.99. The summed E-state index contributed by atoms with van der Waals surface area (Å²) in [6, 6.07) is 12.3. The largest absolute Gasteiger partial charge is 0.379 e. The molecular formula is C11H9Br2NS. The summed E-state index contributed by atoms with van der Waals surface area (Å²) < 4.78 is 2.27. The highest BCUT2D eigenvalue weighted by Crippen LogP contribution is 2.25. The first-order valence-corrected chi connectivity index (χ1v) is 6.88. The third-order valence-corrected chi connectivity index (χ3v) is 4.27. The first-order chi connectivity index (χ1) is 7.25. The molecule has 1 aromatic heterocycles. The van der Waals surface area contributed by atoms with Crippen LogP contribution < -0.4 is 5.32 Å². The first kappa shape index (κ1) is 11.2. The lowest BCUT2D eigenvalue weighted by Gasteiger charge is -2.06. The number of anilines is 1. The summed E-state index contributed by atoms with van der Waals surface area (Å²) in [5.74, 6) is 0. The van der Waals surface area contributed by atoms with Crippen LogP contribution in [0.2, 0.25) is 0 Å². The van der Waals surface area contributed by atoms with Gasteiger partial charge in [0.2, 0.25) is 0 Å². The lowest BCUT2D eigenvalue weighted by molar-refractivity contribution is 1.19. The van der Waals surface area contributed by atoms with Crippen molar-refractivity contribution in [2.75, 3.05) is 5.32 Å². The zero-order valence-corrected chi connectivity index (χ0v) is 11.8. The van der Waals surface area contributed by atoms with E-state index in [0.29, 0.717) is 0 Å². The van der Waals surface area contributed by atoms with Crippen molar-refractivity contribution in [3.05, 3.63) is 49.5 Å². The molecular weight excluding hydrogens is 338 g/mol. The Balaban J connectivity index is 2.02. The second-order valence-corrected chi connectivity index (χ2v) is 6.44. The van der Waals surface area contributed by atoms with Gasteiger partial charge >= 0.3 is 0 Å². The Morgan fingerprint density at radius 1 is 1.07 bits per heavy atom. The minimum absolute atomic E-state index is 0.860. The molecule has 15 heavy (non-hydrogen) atoms. The molecule has 0 aliphatic carbocycles. The molecule has 1 nitrogen and oxygen atoms in total. The van der Waals surface area contributed by atoms with Gasteiger partial charge in [0.05, 0.1) is 3.79 Å². The summed E-state index contributed by atoms with van der Waals surface area (Å²) >= 11 is 8.71. The van der Waals surface area contributed by atoms with Crippen LogP contribution in [0.15, 0.2) is 44.7 Å². The summed E-state index contributed by atoms with van der Waals surface area (Å²) in [4.78, 5) is 1.32. The Kier molecular flexibility index (Phi) is 3.83. The fourth-order valence-electron chi connectivity index (χ4n) is 1.23. The predicted molar refractivity (Wildman–Crippen MR) is 73.5 cm³/mol. The van der Waals surface area contributed by atoms with Gasteiger partial charge in [0, 0.05) is 21.6 Å². The van der Waals surface area contributed by atoms with Crippen LogP contribution in [0.3, 0.4) is 0 Å². The van der Waals surface area contributed by atoms with Gasteiger partial charge in [0.25, 0.3) is 0 Å². The Morgan fingerprint density at radius 3 is 2.53 bits per heavy atom. The second-order valence-electron chi connectivity index (χ2n) is 3.04. The molecule has 0 unspecified atom stereocenters. The quantitative estimate of drug-likeness (QED) is 0.834.